The first kappa shape index (κ1) is 25.4. The van der Waals surface area contributed by atoms with Crippen molar-refractivity contribution in [3.8, 4) is 23.3 Å². The Hall–Kier alpha value is -2.88. The number of alkyl carbamates (subject to hydrolysis) is 1. The van der Waals surface area contributed by atoms with Crippen LogP contribution in [0.25, 0.3) is 0 Å². The van der Waals surface area contributed by atoms with E-state index >= 15 is 0 Å². The lowest BCUT2D eigenvalue weighted by molar-refractivity contribution is 0.130. The third-order valence-corrected chi connectivity index (χ3v) is 5.00. The van der Waals surface area contributed by atoms with Crippen molar-refractivity contribution in [3.05, 3.63) is 59.7 Å². The molecular formula is C25H30ClNO5. The number of carbonyl (C=O) groups is 1. The van der Waals surface area contributed by atoms with Gasteiger partial charge in [-0.05, 0) is 36.1 Å². The van der Waals surface area contributed by atoms with E-state index in [1.807, 2.05) is 36.4 Å². The molecule has 0 saturated heterocycles. The molecule has 2 N–H and O–H groups in total. The smallest absolute Gasteiger partial charge is 0.407 e. The van der Waals surface area contributed by atoms with E-state index in [2.05, 4.69) is 17.2 Å². The number of nitrogens with one attached hydrogen (secondary N) is 1. The fraction of sp³-hybridized carbons (Fsp3) is 0.400. The Kier molecular flexibility index (Phi) is 11.3. The summed E-state index contributed by atoms with van der Waals surface area (Å²) in [7, 11) is 3.09. The quantitative estimate of drug-likeness (QED) is 0.286. The Morgan fingerprint density at radius 3 is 2.53 bits per heavy atom. The second-order valence-electron chi connectivity index (χ2n) is 7.09. The van der Waals surface area contributed by atoms with Gasteiger partial charge in [0.15, 0.2) is 11.5 Å². The SMILES string of the molecule is COc1ccc([C@H](CC(O)C#CCCCCCl)NC(=O)OCc2ccccc2)cc1OC. The number of hydrogen-bond donors (Lipinski definition) is 2. The maximum Gasteiger partial charge on any atom is 0.407 e. The number of alkyl halides is 1. The van der Waals surface area contributed by atoms with Crippen molar-refractivity contribution in [3.63, 3.8) is 0 Å². The molecule has 1 amide bonds. The summed E-state index contributed by atoms with van der Waals surface area (Å²) in [5.74, 6) is 7.50. The van der Waals surface area contributed by atoms with E-state index in [9.17, 15) is 9.90 Å². The molecule has 0 aliphatic rings. The van der Waals surface area contributed by atoms with Crippen LogP contribution in [0.15, 0.2) is 48.5 Å². The van der Waals surface area contributed by atoms with Gasteiger partial charge < -0.3 is 24.6 Å². The first-order chi connectivity index (χ1) is 15.6. The summed E-state index contributed by atoms with van der Waals surface area (Å²) in [6.07, 6.45) is 1.12. The highest BCUT2D eigenvalue weighted by Gasteiger charge is 2.20. The largest absolute Gasteiger partial charge is 0.493 e. The lowest BCUT2D eigenvalue weighted by atomic mass is 10.00. The van der Waals surface area contributed by atoms with Crippen LogP contribution in [0.1, 0.15) is 42.9 Å². The lowest BCUT2D eigenvalue weighted by Crippen LogP contribution is -2.31. The van der Waals surface area contributed by atoms with E-state index in [-0.39, 0.29) is 13.0 Å². The molecule has 1 unspecified atom stereocenters. The van der Waals surface area contributed by atoms with Crippen molar-refractivity contribution in [1.82, 2.24) is 5.32 Å². The Morgan fingerprint density at radius 1 is 1.09 bits per heavy atom. The van der Waals surface area contributed by atoms with Gasteiger partial charge in [0.1, 0.15) is 12.7 Å². The fourth-order valence-electron chi connectivity index (χ4n) is 3.03. The molecule has 2 atom stereocenters. The van der Waals surface area contributed by atoms with Crippen molar-refractivity contribution < 1.29 is 24.1 Å². The van der Waals surface area contributed by atoms with Gasteiger partial charge in [0.05, 0.1) is 20.3 Å². The summed E-state index contributed by atoms with van der Waals surface area (Å²) in [5.41, 5.74) is 1.62. The number of benzene rings is 2. The third kappa shape index (κ3) is 8.70. The van der Waals surface area contributed by atoms with E-state index in [0.29, 0.717) is 23.8 Å². The Morgan fingerprint density at radius 2 is 1.84 bits per heavy atom. The summed E-state index contributed by atoms with van der Waals surface area (Å²) in [6, 6.07) is 14.2. The molecule has 32 heavy (non-hydrogen) atoms. The molecule has 0 spiro atoms. The van der Waals surface area contributed by atoms with Gasteiger partial charge in [0, 0.05) is 18.7 Å². The molecule has 0 heterocycles. The zero-order valence-corrected chi connectivity index (χ0v) is 19.2. The number of methoxy groups -OCH3 is 2. The molecule has 172 valence electrons. The van der Waals surface area contributed by atoms with E-state index < -0.39 is 18.2 Å². The molecule has 0 radical (unpaired) electrons. The predicted octanol–water partition coefficient (Wildman–Crippen LogP) is 4.83. The molecule has 2 rings (SSSR count). The van der Waals surface area contributed by atoms with E-state index in [4.69, 9.17) is 25.8 Å². The van der Waals surface area contributed by atoms with Gasteiger partial charge in [-0.3, -0.25) is 0 Å². The van der Waals surface area contributed by atoms with Gasteiger partial charge in [-0.1, -0.05) is 42.3 Å². The normalized spacial score (nSPS) is 12.1. The zero-order chi connectivity index (χ0) is 23.2. The second-order valence-corrected chi connectivity index (χ2v) is 7.47. The number of aliphatic hydroxyl groups excluding tert-OH is 1. The van der Waals surface area contributed by atoms with Crippen LogP contribution in [-0.2, 0) is 11.3 Å². The third-order valence-electron chi connectivity index (χ3n) is 4.73. The van der Waals surface area contributed by atoms with Crippen LogP contribution in [0, 0.1) is 11.8 Å². The molecule has 0 aliphatic carbocycles. The highest BCUT2D eigenvalue weighted by molar-refractivity contribution is 6.17. The first-order valence-electron chi connectivity index (χ1n) is 10.5. The minimum absolute atomic E-state index is 0.147. The zero-order valence-electron chi connectivity index (χ0n) is 18.5. The van der Waals surface area contributed by atoms with Crippen molar-refractivity contribution in [2.24, 2.45) is 0 Å². The fourth-order valence-corrected chi connectivity index (χ4v) is 3.22. The average Bonchev–Trinajstić information content (AvgIpc) is 2.82. The number of rotatable bonds is 11. The molecule has 7 heteroatoms. The highest BCUT2D eigenvalue weighted by atomic mass is 35.5. The molecule has 0 aliphatic heterocycles. The molecule has 0 fully saturated rings. The van der Waals surface area contributed by atoms with Crippen LogP contribution in [0.4, 0.5) is 4.79 Å². The Balaban J connectivity index is 2.10. The number of halogens is 1. The standard InChI is InChI=1S/C25H30ClNO5/c1-30-23-14-13-20(16-24(23)31-2)22(17-21(28)12-8-3-4-9-15-26)27-25(29)32-18-19-10-6-5-7-11-19/h5-7,10-11,13-14,16,21-22,28H,3-4,9,15,17-18H2,1-2H3,(H,27,29)/t21?,22-/m0/s1. The lowest BCUT2D eigenvalue weighted by Gasteiger charge is -2.21. The minimum Gasteiger partial charge on any atom is -0.493 e. The monoisotopic (exact) mass is 459 g/mol. The topological polar surface area (TPSA) is 77.0 Å². The van der Waals surface area contributed by atoms with Crippen LogP contribution in [-0.4, -0.2) is 37.4 Å². The number of amides is 1. The molecule has 0 aromatic heterocycles. The number of ether oxygens (including phenoxy) is 3. The van der Waals surface area contributed by atoms with Gasteiger partial charge in [-0.15, -0.1) is 17.5 Å². The van der Waals surface area contributed by atoms with Crippen molar-refractivity contribution in [1.29, 1.82) is 0 Å². The summed E-state index contributed by atoms with van der Waals surface area (Å²) >= 11 is 5.67. The van der Waals surface area contributed by atoms with E-state index in [1.165, 1.54) is 0 Å². The van der Waals surface area contributed by atoms with Crippen molar-refractivity contribution >= 4 is 17.7 Å². The second kappa shape index (κ2) is 14.2. The van der Waals surface area contributed by atoms with Gasteiger partial charge >= 0.3 is 6.09 Å². The molecule has 2 aromatic rings. The van der Waals surface area contributed by atoms with Crippen LogP contribution < -0.4 is 14.8 Å². The van der Waals surface area contributed by atoms with Crippen LogP contribution in [0.3, 0.4) is 0 Å². The van der Waals surface area contributed by atoms with Gasteiger partial charge in [-0.2, -0.15) is 0 Å². The maximum atomic E-state index is 12.5. The molecule has 0 saturated carbocycles. The summed E-state index contributed by atoms with van der Waals surface area (Å²) in [6.45, 7) is 0.147. The Labute approximate surface area is 194 Å². The van der Waals surface area contributed by atoms with E-state index in [1.54, 1.807) is 26.4 Å². The molecular weight excluding hydrogens is 430 g/mol. The summed E-state index contributed by atoms with van der Waals surface area (Å²) < 4.78 is 16.0. The van der Waals surface area contributed by atoms with E-state index in [0.717, 1.165) is 24.0 Å². The van der Waals surface area contributed by atoms with Crippen LogP contribution >= 0.6 is 11.6 Å². The summed E-state index contributed by atoms with van der Waals surface area (Å²) in [4.78, 5) is 12.5. The Bertz CT molecular complexity index is 894. The van der Waals surface area contributed by atoms with Crippen LogP contribution in [0.5, 0.6) is 11.5 Å². The van der Waals surface area contributed by atoms with Crippen LogP contribution in [0.2, 0.25) is 0 Å². The maximum absolute atomic E-state index is 12.5. The van der Waals surface area contributed by atoms with Crippen molar-refractivity contribution in [2.45, 2.75) is 44.4 Å². The number of unbranched alkanes of at least 4 members (excludes halogenated alkanes) is 2. The average molecular weight is 460 g/mol. The van der Waals surface area contributed by atoms with Crippen molar-refractivity contribution in [2.75, 3.05) is 20.1 Å². The van der Waals surface area contributed by atoms with Gasteiger partial charge in [0.25, 0.3) is 0 Å². The number of hydrogen-bond acceptors (Lipinski definition) is 5. The van der Waals surface area contributed by atoms with Gasteiger partial charge in [0.2, 0.25) is 0 Å². The highest BCUT2D eigenvalue weighted by Crippen LogP contribution is 2.31. The molecule has 6 nitrogen and oxygen atoms in total. The minimum atomic E-state index is -0.918. The first-order valence-corrected chi connectivity index (χ1v) is 11.0. The van der Waals surface area contributed by atoms with Gasteiger partial charge in [-0.25, -0.2) is 4.79 Å². The molecule has 2 aromatic carbocycles. The number of aliphatic hydroxyl groups is 1. The molecule has 0 bridgehead atoms. The summed E-state index contributed by atoms with van der Waals surface area (Å²) in [5, 5.41) is 13.3. The predicted molar refractivity (Wildman–Crippen MR) is 125 cm³/mol. The number of carbonyl (C=O) groups excluding carboxylic acids is 1.